The summed E-state index contributed by atoms with van der Waals surface area (Å²) in [6.45, 7) is 6.53. The lowest BCUT2D eigenvalue weighted by atomic mass is 9.51. The first kappa shape index (κ1) is 23.3. The van der Waals surface area contributed by atoms with Crippen molar-refractivity contribution < 1.29 is 39.2 Å². The summed E-state index contributed by atoms with van der Waals surface area (Å²) >= 11 is 0. The first-order valence-corrected chi connectivity index (χ1v) is 9.71. The number of carbonyl (C=O) groups excluding carboxylic acids is 3. The number of hydrogen-bond donors (Lipinski definition) is 3. The van der Waals surface area contributed by atoms with Crippen LogP contribution >= 0.6 is 0 Å². The van der Waals surface area contributed by atoms with Gasteiger partial charge in [-0.05, 0) is 26.2 Å². The summed E-state index contributed by atoms with van der Waals surface area (Å²) in [6, 6.07) is 0. The highest BCUT2D eigenvalue weighted by Gasteiger charge is 2.59. The van der Waals surface area contributed by atoms with E-state index in [1.165, 1.54) is 13.2 Å². The molecule has 0 spiro atoms. The van der Waals surface area contributed by atoms with Gasteiger partial charge >= 0.3 is 11.9 Å². The number of aliphatic hydroxyl groups is 3. The van der Waals surface area contributed by atoms with Crippen LogP contribution in [-0.2, 0) is 23.9 Å². The number of esters is 2. The molecule has 0 saturated heterocycles. The van der Waals surface area contributed by atoms with Crippen LogP contribution in [0.15, 0.2) is 23.8 Å². The van der Waals surface area contributed by atoms with Crippen LogP contribution in [-0.4, -0.2) is 65.6 Å². The fourth-order valence-corrected chi connectivity index (χ4v) is 4.94. The molecule has 8 heteroatoms. The Morgan fingerprint density at radius 3 is 2.41 bits per heavy atom. The van der Waals surface area contributed by atoms with Gasteiger partial charge in [0.15, 0.2) is 0 Å². The molecule has 2 rings (SSSR count). The van der Waals surface area contributed by atoms with Gasteiger partial charge in [-0.15, -0.1) is 0 Å². The predicted molar refractivity (Wildman–Crippen MR) is 102 cm³/mol. The molecule has 0 amide bonds. The molecule has 1 unspecified atom stereocenters. The summed E-state index contributed by atoms with van der Waals surface area (Å²) in [5.74, 6) is -3.69. The Balaban J connectivity index is 2.48. The summed E-state index contributed by atoms with van der Waals surface area (Å²) in [5.41, 5.74) is -0.948. The molecule has 29 heavy (non-hydrogen) atoms. The molecule has 0 aromatic heterocycles. The molecule has 2 saturated carbocycles. The number of allylic oxidation sites excluding steroid dienone is 1. The predicted octanol–water partition coefficient (Wildman–Crippen LogP) is 0.539. The van der Waals surface area contributed by atoms with E-state index in [1.54, 1.807) is 13.8 Å². The Morgan fingerprint density at radius 2 is 1.90 bits per heavy atom. The molecule has 0 radical (unpaired) electrons. The number of aliphatic hydroxyl groups excluding tert-OH is 3. The average molecular weight is 410 g/mol. The Morgan fingerprint density at radius 1 is 1.24 bits per heavy atom. The van der Waals surface area contributed by atoms with Gasteiger partial charge in [0.25, 0.3) is 0 Å². The van der Waals surface area contributed by atoms with Gasteiger partial charge in [0.05, 0.1) is 37.4 Å². The molecule has 0 aliphatic heterocycles. The summed E-state index contributed by atoms with van der Waals surface area (Å²) in [7, 11) is 1.18. The summed E-state index contributed by atoms with van der Waals surface area (Å²) in [4.78, 5) is 36.3. The number of rotatable bonds is 6. The van der Waals surface area contributed by atoms with E-state index in [1.807, 2.05) is 0 Å². The molecule has 0 aromatic rings. The van der Waals surface area contributed by atoms with Crippen LogP contribution in [0.5, 0.6) is 0 Å². The van der Waals surface area contributed by atoms with Crippen LogP contribution in [0.4, 0.5) is 0 Å². The molecule has 2 aliphatic carbocycles. The Labute approximate surface area is 170 Å². The SMILES string of the molecule is C=C(C(=O)OC)[C@@H]1[C@@H](OC(=O)/C(=C/C)CO)C[C@]2(C)C([C@H](C=O)CC[C@H]2O)[C@H]1O. The van der Waals surface area contributed by atoms with E-state index in [2.05, 4.69) is 6.58 Å². The molecule has 0 aromatic carbocycles. The van der Waals surface area contributed by atoms with E-state index in [0.717, 1.165) is 6.29 Å². The van der Waals surface area contributed by atoms with Crippen LogP contribution in [0.3, 0.4) is 0 Å². The Hall–Kier alpha value is -2.03. The van der Waals surface area contributed by atoms with E-state index < -0.39 is 60.0 Å². The van der Waals surface area contributed by atoms with Crippen molar-refractivity contribution in [2.24, 2.45) is 23.2 Å². The minimum Gasteiger partial charge on any atom is -0.466 e. The molecule has 7 atom stereocenters. The zero-order valence-corrected chi connectivity index (χ0v) is 17.0. The number of ether oxygens (including phenoxy) is 2. The van der Waals surface area contributed by atoms with Crippen LogP contribution in [0, 0.1) is 23.2 Å². The van der Waals surface area contributed by atoms with Crippen LogP contribution < -0.4 is 0 Å². The second-order valence-corrected chi connectivity index (χ2v) is 8.08. The van der Waals surface area contributed by atoms with Crippen LogP contribution in [0.2, 0.25) is 0 Å². The lowest BCUT2D eigenvalue weighted by molar-refractivity contribution is -0.197. The highest BCUT2D eigenvalue weighted by atomic mass is 16.5. The molecule has 0 heterocycles. The number of aldehydes is 1. The van der Waals surface area contributed by atoms with Gasteiger partial charge in [-0.25, -0.2) is 9.59 Å². The third kappa shape index (κ3) is 4.15. The van der Waals surface area contributed by atoms with Gasteiger partial charge in [0, 0.05) is 22.8 Å². The molecule has 2 fully saturated rings. The zero-order valence-electron chi connectivity index (χ0n) is 17.0. The zero-order chi connectivity index (χ0) is 21.9. The lowest BCUT2D eigenvalue weighted by Crippen LogP contribution is -2.61. The fraction of sp³-hybridized carbons (Fsp3) is 0.667. The fourth-order valence-electron chi connectivity index (χ4n) is 4.94. The van der Waals surface area contributed by atoms with E-state index in [4.69, 9.17) is 9.47 Å². The maximum atomic E-state index is 12.5. The monoisotopic (exact) mass is 410 g/mol. The number of methoxy groups -OCH3 is 1. The number of fused-ring (bicyclic) bond motifs is 1. The average Bonchev–Trinajstić information content (AvgIpc) is 2.69. The van der Waals surface area contributed by atoms with Crippen LogP contribution in [0.1, 0.15) is 33.1 Å². The second-order valence-electron chi connectivity index (χ2n) is 8.08. The van der Waals surface area contributed by atoms with Gasteiger partial charge < -0.3 is 29.6 Å². The minimum atomic E-state index is -1.26. The van der Waals surface area contributed by atoms with E-state index in [0.29, 0.717) is 12.8 Å². The third-order valence-electron chi connectivity index (χ3n) is 6.60. The molecule has 0 bridgehead atoms. The Bertz CT molecular complexity index is 699. The van der Waals surface area contributed by atoms with E-state index >= 15 is 0 Å². The highest BCUT2D eigenvalue weighted by Crippen LogP contribution is 2.55. The first-order valence-electron chi connectivity index (χ1n) is 9.71. The normalized spacial score (nSPS) is 37.2. The lowest BCUT2D eigenvalue weighted by Gasteiger charge is -2.56. The highest BCUT2D eigenvalue weighted by molar-refractivity contribution is 5.90. The molecular weight excluding hydrogens is 380 g/mol. The molecular formula is C21H30O8. The summed E-state index contributed by atoms with van der Waals surface area (Å²) in [5, 5.41) is 31.2. The number of hydrogen-bond acceptors (Lipinski definition) is 8. The van der Waals surface area contributed by atoms with E-state index in [-0.39, 0.29) is 17.6 Å². The van der Waals surface area contributed by atoms with Crippen molar-refractivity contribution in [1.82, 2.24) is 0 Å². The van der Waals surface area contributed by atoms with E-state index in [9.17, 15) is 29.7 Å². The van der Waals surface area contributed by atoms with Crippen molar-refractivity contribution in [2.45, 2.75) is 51.4 Å². The molecule has 8 nitrogen and oxygen atoms in total. The largest absolute Gasteiger partial charge is 0.466 e. The van der Waals surface area contributed by atoms with Crippen molar-refractivity contribution in [1.29, 1.82) is 0 Å². The van der Waals surface area contributed by atoms with Crippen molar-refractivity contribution in [3.05, 3.63) is 23.8 Å². The molecule has 2 aliphatic rings. The van der Waals surface area contributed by atoms with Gasteiger partial charge in [-0.3, -0.25) is 0 Å². The third-order valence-corrected chi connectivity index (χ3v) is 6.60. The van der Waals surface area contributed by atoms with Gasteiger partial charge in [-0.2, -0.15) is 0 Å². The van der Waals surface area contributed by atoms with Crippen molar-refractivity contribution in [3.8, 4) is 0 Å². The molecule has 3 N–H and O–H groups in total. The van der Waals surface area contributed by atoms with Crippen LogP contribution in [0.25, 0.3) is 0 Å². The second kappa shape index (κ2) is 9.19. The molecule has 162 valence electrons. The standard InChI is InChI=1S/C21H30O8/c1-5-12(9-22)20(27)29-14-8-21(3)15(24)7-6-13(10-23)17(21)18(25)16(14)11(2)19(26)28-4/h5,10,13-18,22,24-25H,2,6-9H2,1,3-4H3/b12-5+/t13-,14-,15+,16+,17?,18-,21-/m0/s1. The maximum absolute atomic E-state index is 12.5. The maximum Gasteiger partial charge on any atom is 0.336 e. The first-order chi connectivity index (χ1) is 13.7. The topological polar surface area (TPSA) is 130 Å². The van der Waals surface area contributed by atoms with Crippen molar-refractivity contribution in [2.75, 3.05) is 13.7 Å². The minimum absolute atomic E-state index is 0.0316. The number of carbonyl (C=O) groups is 3. The smallest absolute Gasteiger partial charge is 0.336 e. The van der Waals surface area contributed by atoms with Gasteiger partial charge in [0.1, 0.15) is 12.4 Å². The van der Waals surface area contributed by atoms with Gasteiger partial charge in [0.2, 0.25) is 0 Å². The Kier molecular flexibility index (Phi) is 7.37. The quantitative estimate of drug-likeness (QED) is 0.329. The van der Waals surface area contributed by atoms with Crippen molar-refractivity contribution >= 4 is 18.2 Å². The van der Waals surface area contributed by atoms with Gasteiger partial charge in [-0.1, -0.05) is 19.6 Å². The summed E-state index contributed by atoms with van der Waals surface area (Å²) in [6.07, 6.45) is 0.0273. The van der Waals surface area contributed by atoms with Crippen molar-refractivity contribution in [3.63, 3.8) is 0 Å². The summed E-state index contributed by atoms with van der Waals surface area (Å²) < 4.78 is 10.3.